The predicted molar refractivity (Wildman–Crippen MR) is 81.8 cm³/mol. The Morgan fingerprint density at radius 2 is 1.90 bits per heavy atom. The van der Waals surface area contributed by atoms with Crippen LogP contribution in [0.4, 0.5) is 10.1 Å². The van der Waals surface area contributed by atoms with Crippen LogP contribution in [0.1, 0.15) is 16.8 Å². The van der Waals surface area contributed by atoms with Gasteiger partial charge in [-0.3, -0.25) is 0 Å². The summed E-state index contributed by atoms with van der Waals surface area (Å²) in [6, 6.07) is 12.6. The molecule has 3 rings (SSSR count). The maximum Gasteiger partial charge on any atom is 0.126 e. The van der Waals surface area contributed by atoms with E-state index in [1.165, 1.54) is 6.07 Å². The number of nitrogens with zero attached hydrogens (tertiary/aromatic N) is 2. The molecule has 0 fully saturated rings. The Labute approximate surface area is 122 Å². The maximum absolute atomic E-state index is 13.5. The lowest BCUT2D eigenvalue weighted by Gasteiger charge is -2.10. The summed E-state index contributed by atoms with van der Waals surface area (Å²) < 4.78 is 15.4. The quantitative estimate of drug-likeness (QED) is 0.688. The zero-order valence-corrected chi connectivity index (χ0v) is 11.8. The van der Waals surface area contributed by atoms with E-state index in [4.69, 9.17) is 5.73 Å². The Bertz CT molecular complexity index is 901. The van der Waals surface area contributed by atoms with Gasteiger partial charge in [0.25, 0.3) is 0 Å². The average molecular weight is 279 g/mol. The summed E-state index contributed by atoms with van der Waals surface area (Å²) >= 11 is 0. The molecular formula is C17H14FN3. The van der Waals surface area contributed by atoms with E-state index in [2.05, 4.69) is 6.07 Å². The summed E-state index contributed by atoms with van der Waals surface area (Å²) in [6.45, 7) is 3.60. The molecular weight excluding hydrogens is 265 g/mol. The van der Waals surface area contributed by atoms with Crippen LogP contribution in [-0.4, -0.2) is 4.57 Å². The molecule has 0 unspecified atom stereocenters. The highest BCUT2D eigenvalue weighted by Gasteiger charge is 2.15. The van der Waals surface area contributed by atoms with Crippen LogP contribution in [0.3, 0.4) is 0 Å². The molecule has 0 amide bonds. The van der Waals surface area contributed by atoms with Crippen LogP contribution in [0.2, 0.25) is 0 Å². The third kappa shape index (κ3) is 1.95. The van der Waals surface area contributed by atoms with Crippen molar-refractivity contribution < 1.29 is 4.39 Å². The smallest absolute Gasteiger partial charge is 0.126 e. The van der Waals surface area contributed by atoms with Crippen molar-refractivity contribution >= 4 is 16.6 Å². The molecule has 0 atom stereocenters. The van der Waals surface area contributed by atoms with Gasteiger partial charge < -0.3 is 10.3 Å². The fraction of sp³-hybridized carbons (Fsp3) is 0.118. The van der Waals surface area contributed by atoms with Gasteiger partial charge in [-0.1, -0.05) is 0 Å². The lowest BCUT2D eigenvalue weighted by molar-refractivity contribution is 0.618. The lowest BCUT2D eigenvalue weighted by Crippen LogP contribution is -1.98. The first-order chi connectivity index (χ1) is 10.0. The molecule has 2 aromatic carbocycles. The second kappa shape index (κ2) is 4.64. The minimum atomic E-state index is -0.243. The van der Waals surface area contributed by atoms with Crippen molar-refractivity contribution in [1.82, 2.24) is 4.57 Å². The van der Waals surface area contributed by atoms with E-state index < -0.39 is 0 Å². The number of anilines is 1. The highest BCUT2D eigenvalue weighted by atomic mass is 19.1. The van der Waals surface area contributed by atoms with Crippen LogP contribution in [0.25, 0.3) is 16.6 Å². The van der Waals surface area contributed by atoms with Crippen LogP contribution in [-0.2, 0) is 0 Å². The third-order valence-electron chi connectivity index (χ3n) is 3.74. The zero-order valence-electron chi connectivity index (χ0n) is 11.8. The number of benzene rings is 2. The van der Waals surface area contributed by atoms with E-state index in [0.717, 1.165) is 22.3 Å². The molecule has 0 spiro atoms. The minimum Gasteiger partial charge on any atom is -0.399 e. The van der Waals surface area contributed by atoms with Gasteiger partial charge in [-0.15, -0.1) is 0 Å². The van der Waals surface area contributed by atoms with Crippen LogP contribution >= 0.6 is 0 Å². The Balaban J connectivity index is 2.41. The van der Waals surface area contributed by atoms with Crippen molar-refractivity contribution in [1.29, 1.82) is 5.26 Å². The van der Waals surface area contributed by atoms with E-state index in [0.29, 0.717) is 16.8 Å². The van der Waals surface area contributed by atoms with Crippen molar-refractivity contribution in [3.05, 3.63) is 59.0 Å². The van der Waals surface area contributed by atoms with Gasteiger partial charge in [0.2, 0.25) is 0 Å². The number of nitriles is 1. The number of nitrogen functional groups attached to an aromatic ring is 1. The molecule has 0 aliphatic heterocycles. The van der Waals surface area contributed by atoms with Gasteiger partial charge in [0.05, 0.1) is 11.1 Å². The van der Waals surface area contributed by atoms with Crippen molar-refractivity contribution in [2.75, 3.05) is 5.73 Å². The first-order valence-corrected chi connectivity index (χ1v) is 6.60. The second-order valence-electron chi connectivity index (χ2n) is 5.12. The number of hydrogen-bond acceptors (Lipinski definition) is 2. The van der Waals surface area contributed by atoms with Crippen molar-refractivity contribution in [3.63, 3.8) is 0 Å². The number of aryl methyl sites for hydroxylation is 1. The number of rotatable bonds is 1. The predicted octanol–water partition coefficient (Wildman–Crippen LogP) is 3.84. The third-order valence-corrected chi connectivity index (χ3v) is 3.74. The topological polar surface area (TPSA) is 54.7 Å². The first kappa shape index (κ1) is 13.2. The van der Waals surface area contributed by atoms with Gasteiger partial charge in [-0.25, -0.2) is 4.39 Å². The van der Waals surface area contributed by atoms with Crippen molar-refractivity contribution in [2.24, 2.45) is 0 Å². The largest absolute Gasteiger partial charge is 0.399 e. The summed E-state index contributed by atoms with van der Waals surface area (Å²) in [4.78, 5) is 0. The van der Waals surface area contributed by atoms with Crippen LogP contribution in [0.15, 0.2) is 36.4 Å². The van der Waals surface area contributed by atoms with Gasteiger partial charge in [0, 0.05) is 22.5 Å². The van der Waals surface area contributed by atoms with E-state index in [1.54, 1.807) is 25.1 Å². The fourth-order valence-electron chi connectivity index (χ4n) is 2.67. The van der Waals surface area contributed by atoms with E-state index in [1.807, 2.05) is 23.6 Å². The number of fused-ring (bicyclic) bond motifs is 1. The Hall–Kier alpha value is -2.80. The Kier molecular flexibility index (Phi) is 2.91. The Morgan fingerprint density at radius 3 is 2.57 bits per heavy atom. The molecule has 0 aliphatic rings. The number of hydrogen-bond donors (Lipinski definition) is 1. The fourth-order valence-corrected chi connectivity index (χ4v) is 2.67. The summed E-state index contributed by atoms with van der Waals surface area (Å²) in [5.41, 5.74) is 10.2. The van der Waals surface area contributed by atoms with E-state index >= 15 is 0 Å². The zero-order chi connectivity index (χ0) is 15.1. The standard InChI is InChI=1S/C17H14FN3/c1-10-7-13(4-6-16(10)18)21-11(2)15(9-19)14-5-3-12(20)8-17(14)21/h3-8H,20H2,1-2H3. The molecule has 0 radical (unpaired) electrons. The molecule has 4 heteroatoms. The molecule has 1 heterocycles. The summed E-state index contributed by atoms with van der Waals surface area (Å²) in [5, 5.41) is 10.2. The highest BCUT2D eigenvalue weighted by Crippen LogP contribution is 2.30. The number of aromatic nitrogens is 1. The molecule has 0 aliphatic carbocycles. The normalized spacial score (nSPS) is 10.8. The van der Waals surface area contributed by atoms with Crippen LogP contribution < -0.4 is 5.73 Å². The molecule has 0 saturated carbocycles. The molecule has 2 N–H and O–H groups in total. The molecule has 0 bridgehead atoms. The maximum atomic E-state index is 13.5. The Morgan fingerprint density at radius 1 is 1.14 bits per heavy atom. The second-order valence-corrected chi connectivity index (χ2v) is 5.12. The number of nitrogens with two attached hydrogens (primary N) is 1. The summed E-state index contributed by atoms with van der Waals surface area (Å²) in [6.07, 6.45) is 0. The molecule has 21 heavy (non-hydrogen) atoms. The molecule has 0 saturated heterocycles. The van der Waals surface area contributed by atoms with Gasteiger partial charge in [0.15, 0.2) is 0 Å². The SMILES string of the molecule is Cc1cc(-n2c(C)c(C#N)c3ccc(N)cc32)ccc1F. The van der Waals surface area contributed by atoms with Gasteiger partial charge in [-0.05, 0) is 55.8 Å². The molecule has 104 valence electrons. The molecule has 3 nitrogen and oxygen atoms in total. The van der Waals surface area contributed by atoms with Crippen LogP contribution in [0.5, 0.6) is 0 Å². The highest BCUT2D eigenvalue weighted by molar-refractivity contribution is 5.91. The first-order valence-electron chi connectivity index (χ1n) is 6.60. The van der Waals surface area contributed by atoms with Gasteiger partial charge in [-0.2, -0.15) is 5.26 Å². The lowest BCUT2D eigenvalue weighted by atomic mass is 10.1. The van der Waals surface area contributed by atoms with Crippen LogP contribution in [0, 0.1) is 31.0 Å². The average Bonchev–Trinajstić information content (AvgIpc) is 2.73. The van der Waals surface area contributed by atoms with Gasteiger partial charge in [0.1, 0.15) is 11.9 Å². The van der Waals surface area contributed by atoms with Gasteiger partial charge >= 0.3 is 0 Å². The summed E-state index contributed by atoms with van der Waals surface area (Å²) in [7, 11) is 0. The molecule has 1 aromatic heterocycles. The summed E-state index contributed by atoms with van der Waals surface area (Å²) in [5.74, 6) is -0.243. The van der Waals surface area contributed by atoms with Crippen molar-refractivity contribution in [2.45, 2.75) is 13.8 Å². The monoisotopic (exact) mass is 279 g/mol. The van der Waals surface area contributed by atoms with E-state index in [-0.39, 0.29) is 5.82 Å². The van der Waals surface area contributed by atoms with E-state index in [9.17, 15) is 9.65 Å². The van der Waals surface area contributed by atoms with Crippen molar-refractivity contribution in [3.8, 4) is 11.8 Å². The molecule has 3 aromatic rings. The number of halogens is 1. The minimum absolute atomic E-state index is 0.243.